The zero-order valence-corrected chi connectivity index (χ0v) is 17.9. The van der Waals surface area contributed by atoms with E-state index in [1.165, 1.54) is 18.1 Å². The van der Waals surface area contributed by atoms with Crippen molar-refractivity contribution in [1.29, 1.82) is 0 Å². The first-order chi connectivity index (χ1) is 14.8. The van der Waals surface area contributed by atoms with Crippen LogP contribution in [0, 0.1) is 0 Å². The highest BCUT2D eigenvalue weighted by atomic mass is 16.5. The molecular formula is C23H27N3O5. The second-order valence-electron chi connectivity index (χ2n) is 6.75. The lowest BCUT2D eigenvalue weighted by molar-refractivity contribution is -0.129. The minimum Gasteiger partial charge on any atom is -0.493 e. The van der Waals surface area contributed by atoms with Gasteiger partial charge in [0.2, 0.25) is 11.8 Å². The summed E-state index contributed by atoms with van der Waals surface area (Å²) >= 11 is 0. The van der Waals surface area contributed by atoms with E-state index in [9.17, 15) is 14.4 Å². The van der Waals surface area contributed by atoms with Gasteiger partial charge in [-0.15, -0.1) is 0 Å². The summed E-state index contributed by atoms with van der Waals surface area (Å²) in [7, 11) is 3.02. The average molecular weight is 425 g/mol. The van der Waals surface area contributed by atoms with Crippen LogP contribution in [0.2, 0.25) is 0 Å². The zero-order chi connectivity index (χ0) is 22.8. The average Bonchev–Trinajstić information content (AvgIpc) is 2.76. The highest BCUT2D eigenvalue weighted by molar-refractivity contribution is 5.98. The molecule has 2 rings (SSSR count). The van der Waals surface area contributed by atoms with E-state index >= 15 is 0 Å². The fraction of sp³-hybridized carbons (Fsp3) is 0.261. The van der Waals surface area contributed by atoms with Gasteiger partial charge in [0.05, 0.1) is 13.7 Å². The number of aryl methyl sites for hydroxylation is 1. The molecule has 164 valence electrons. The van der Waals surface area contributed by atoms with Crippen LogP contribution in [0.4, 0.5) is 5.69 Å². The van der Waals surface area contributed by atoms with Gasteiger partial charge in [-0.2, -0.15) is 0 Å². The predicted molar refractivity (Wildman–Crippen MR) is 119 cm³/mol. The van der Waals surface area contributed by atoms with Gasteiger partial charge < -0.3 is 25.4 Å². The molecule has 0 aliphatic carbocycles. The molecule has 8 nitrogen and oxygen atoms in total. The van der Waals surface area contributed by atoms with Crippen LogP contribution in [0.15, 0.2) is 48.5 Å². The Morgan fingerprint density at radius 1 is 1.13 bits per heavy atom. The van der Waals surface area contributed by atoms with Crippen LogP contribution in [-0.4, -0.2) is 49.9 Å². The lowest BCUT2D eigenvalue weighted by Crippen LogP contribution is -2.34. The van der Waals surface area contributed by atoms with E-state index in [0.29, 0.717) is 17.1 Å². The van der Waals surface area contributed by atoms with Crippen LogP contribution < -0.4 is 20.5 Å². The first kappa shape index (κ1) is 23.5. The van der Waals surface area contributed by atoms with Gasteiger partial charge in [0.25, 0.3) is 5.91 Å². The summed E-state index contributed by atoms with van der Waals surface area (Å²) in [4.78, 5) is 36.9. The molecule has 0 aliphatic heterocycles. The minimum atomic E-state index is -0.595. The van der Waals surface area contributed by atoms with Gasteiger partial charge in [-0.1, -0.05) is 31.2 Å². The molecule has 0 saturated carbocycles. The summed E-state index contributed by atoms with van der Waals surface area (Å²) in [6, 6.07) is 12.5. The van der Waals surface area contributed by atoms with Gasteiger partial charge in [0.1, 0.15) is 0 Å². The monoisotopic (exact) mass is 425 g/mol. The third kappa shape index (κ3) is 7.18. The van der Waals surface area contributed by atoms with Crippen LogP contribution in [0.3, 0.4) is 0 Å². The Kier molecular flexibility index (Phi) is 8.63. The number of likely N-dealkylation sites (N-methyl/N-ethyl adjacent to an activating group) is 1. The van der Waals surface area contributed by atoms with E-state index in [-0.39, 0.29) is 25.0 Å². The molecule has 0 atom stereocenters. The number of primary amides is 1. The van der Waals surface area contributed by atoms with Crippen molar-refractivity contribution in [3.8, 4) is 11.5 Å². The number of hydrogen-bond donors (Lipinski definition) is 2. The number of hydrogen-bond acceptors (Lipinski definition) is 5. The molecule has 0 aromatic heterocycles. The second kappa shape index (κ2) is 11.4. The zero-order valence-electron chi connectivity index (χ0n) is 17.9. The Labute approximate surface area is 181 Å². The van der Waals surface area contributed by atoms with Gasteiger partial charge in [-0.3, -0.25) is 14.4 Å². The summed E-state index contributed by atoms with van der Waals surface area (Å²) in [6.45, 7) is 1.67. The molecule has 0 spiro atoms. The van der Waals surface area contributed by atoms with E-state index in [1.807, 2.05) is 31.2 Å². The number of nitrogens with zero attached hydrogens (tertiary/aromatic N) is 1. The van der Waals surface area contributed by atoms with Gasteiger partial charge in [-0.25, -0.2) is 0 Å². The summed E-state index contributed by atoms with van der Waals surface area (Å²) in [5.74, 6) is -0.430. The first-order valence-corrected chi connectivity index (χ1v) is 9.74. The van der Waals surface area contributed by atoms with Gasteiger partial charge in [0.15, 0.2) is 18.1 Å². The van der Waals surface area contributed by atoms with Crippen molar-refractivity contribution >= 4 is 29.5 Å². The minimum absolute atomic E-state index is 0.0789. The molecule has 0 aliphatic rings. The lowest BCUT2D eigenvalue weighted by Gasteiger charge is -2.16. The van der Waals surface area contributed by atoms with E-state index in [4.69, 9.17) is 15.2 Å². The van der Waals surface area contributed by atoms with Crippen molar-refractivity contribution in [3.63, 3.8) is 0 Å². The molecule has 0 saturated heterocycles. The normalized spacial score (nSPS) is 10.5. The van der Waals surface area contributed by atoms with Gasteiger partial charge in [0, 0.05) is 18.8 Å². The van der Waals surface area contributed by atoms with Crippen molar-refractivity contribution < 1.29 is 23.9 Å². The highest BCUT2D eigenvalue weighted by Gasteiger charge is 2.12. The first-order valence-electron chi connectivity index (χ1n) is 9.74. The van der Waals surface area contributed by atoms with Crippen molar-refractivity contribution in [3.05, 3.63) is 59.7 Å². The molecular weight excluding hydrogens is 398 g/mol. The third-order valence-electron chi connectivity index (χ3n) is 4.41. The SMILES string of the molecule is CCc1ccccc1NC(=O)CN(C)C(=O)/C=C/c1ccc(OCC(N)=O)c(OC)c1. The van der Waals surface area contributed by atoms with Crippen molar-refractivity contribution in [1.82, 2.24) is 4.90 Å². The third-order valence-corrected chi connectivity index (χ3v) is 4.41. The fourth-order valence-corrected chi connectivity index (χ4v) is 2.78. The number of methoxy groups -OCH3 is 1. The second-order valence-corrected chi connectivity index (χ2v) is 6.75. The van der Waals surface area contributed by atoms with Gasteiger partial charge in [-0.05, 0) is 41.8 Å². The molecule has 0 fully saturated rings. The number of carbonyl (C=O) groups is 3. The molecule has 31 heavy (non-hydrogen) atoms. The van der Waals surface area contributed by atoms with Crippen molar-refractivity contribution in [2.45, 2.75) is 13.3 Å². The fourth-order valence-electron chi connectivity index (χ4n) is 2.78. The van der Waals surface area contributed by atoms with Crippen LogP contribution >= 0.6 is 0 Å². The Bertz CT molecular complexity index is 971. The number of nitrogens with one attached hydrogen (secondary N) is 1. The van der Waals surface area contributed by atoms with E-state index in [0.717, 1.165) is 17.7 Å². The van der Waals surface area contributed by atoms with Crippen LogP contribution in [0.25, 0.3) is 6.08 Å². The summed E-state index contributed by atoms with van der Waals surface area (Å²) < 4.78 is 10.5. The number of carbonyl (C=O) groups excluding carboxylic acids is 3. The molecule has 8 heteroatoms. The lowest BCUT2D eigenvalue weighted by atomic mass is 10.1. The molecule has 0 radical (unpaired) electrons. The number of anilines is 1. The predicted octanol–water partition coefficient (Wildman–Crippen LogP) is 2.23. The Balaban J connectivity index is 1.97. The van der Waals surface area contributed by atoms with E-state index in [1.54, 1.807) is 31.3 Å². The number of para-hydroxylation sites is 1. The van der Waals surface area contributed by atoms with Crippen molar-refractivity contribution in [2.75, 3.05) is 32.6 Å². The van der Waals surface area contributed by atoms with E-state index < -0.39 is 5.91 Å². The highest BCUT2D eigenvalue weighted by Crippen LogP contribution is 2.28. The molecule has 2 aromatic carbocycles. The molecule has 0 unspecified atom stereocenters. The molecule has 3 amide bonds. The Hall–Kier alpha value is -3.81. The molecule has 0 heterocycles. The maximum atomic E-state index is 12.4. The quantitative estimate of drug-likeness (QED) is 0.567. The number of benzene rings is 2. The molecule has 0 bridgehead atoms. The maximum Gasteiger partial charge on any atom is 0.255 e. The number of rotatable bonds is 10. The van der Waals surface area contributed by atoms with Crippen LogP contribution in [0.1, 0.15) is 18.1 Å². The summed E-state index contributed by atoms with van der Waals surface area (Å²) in [6.07, 6.45) is 3.76. The molecule has 2 aromatic rings. The smallest absolute Gasteiger partial charge is 0.255 e. The topological polar surface area (TPSA) is 111 Å². The largest absolute Gasteiger partial charge is 0.493 e. The van der Waals surface area contributed by atoms with Crippen LogP contribution in [0.5, 0.6) is 11.5 Å². The summed E-state index contributed by atoms with van der Waals surface area (Å²) in [5.41, 5.74) is 7.54. The van der Waals surface area contributed by atoms with Crippen molar-refractivity contribution in [2.24, 2.45) is 5.73 Å². The number of ether oxygens (including phenoxy) is 2. The number of amides is 3. The van der Waals surface area contributed by atoms with E-state index in [2.05, 4.69) is 5.32 Å². The molecule has 3 N–H and O–H groups in total. The Morgan fingerprint density at radius 3 is 2.55 bits per heavy atom. The van der Waals surface area contributed by atoms with Gasteiger partial charge >= 0.3 is 0 Å². The number of nitrogens with two attached hydrogens (primary N) is 1. The van der Waals surface area contributed by atoms with Crippen LogP contribution in [-0.2, 0) is 20.8 Å². The Morgan fingerprint density at radius 2 is 1.87 bits per heavy atom. The summed E-state index contributed by atoms with van der Waals surface area (Å²) in [5, 5.41) is 2.84. The maximum absolute atomic E-state index is 12.4. The standard InChI is InChI=1S/C23H27N3O5/c1-4-17-7-5-6-8-18(17)25-22(28)14-26(2)23(29)12-10-16-9-11-19(20(13-16)30-3)31-15-21(24)27/h5-13H,4,14-15H2,1-3H3,(H2,24,27)(H,25,28)/b12-10+.